The van der Waals surface area contributed by atoms with Crippen molar-refractivity contribution in [3.05, 3.63) is 266 Å². The summed E-state index contributed by atoms with van der Waals surface area (Å²) in [5.74, 6) is 0. The number of nitrogens with zero attached hydrogens (tertiary/aromatic N) is 2. The van der Waals surface area contributed by atoms with Gasteiger partial charge in [-0.05, 0) is 152 Å². The number of hydrogen-bond donors (Lipinski definition) is 0. The second-order valence-electron chi connectivity index (χ2n) is 17.3. The minimum absolute atomic E-state index is 0.0519. The largest absolute Gasteiger partial charge is 0.311 e. The third-order valence-corrected chi connectivity index (χ3v) is 13.1. The van der Waals surface area contributed by atoms with Gasteiger partial charge in [-0.25, -0.2) is 0 Å². The smallest absolute Gasteiger partial charge is 0.0468 e. The number of hydrogen-bond acceptors (Lipinski definition) is 2. The quantitative estimate of drug-likeness (QED) is 0.135. The average Bonchev–Trinajstić information content (AvgIpc) is 3.61. The lowest BCUT2D eigenvalue weighted by molar-refractivity contribution is 0.660. The van der Waals surface area contributed by atoms with Gasteiger partial charge in [0, 0.05) is 39.5 Å². The highest BCUT2D eigenvalue weighted by Crippen LogP contribution is 2.51. The second kappa shape index (κ2) is 16.8. The molecule has 310 valence electrons. The summed E-state index contributed by atoms with van der Waals surface area (Å²) in [6.07, 6.45) is 0. The molecule has 0 aromatic heterocycles. The minimum atomic E-state index is -0.0519. The topological polar surface area (TPSA) is 6.48 Å². The Hall–Kier alpha value is -8.20. The lowest BCUT2D eigenvalue weighted by atomic mass is 9.82. The Morgan fingerprint density at radius 2 is 0.538 bits per heavy atom. The molecule has 0 aliphatic heterocycles. The van der Waals surface area contributed by atoms with Crippen LogP contribution in [0.4, 0.5) is 34.1 Å². The number of benzene rings is 10. The van der Waals surface area contributed by atoms with Crippen molar-refractivity contribution in [1.82, 2.24) is 0 Å². The number of para-hydroxylation sites is 3. The molecule has 1 aliphatic carbocycles. The first-order chi connectivity index (χ1) is 32.0. The zero-order valence-electron chi connectivity index (χ0n) is 36.6. The van der Waals surface area contributed by atoms with E-state index >= 15 is 0 Å². The Kier molecular flexibility index (Phi) is 10.3. The van der Waals surface area contributed by atoms with Crippen LogP contribution < -0.4 is 9.80 Å². The van der Waals surface area contributed by atoms with E-state index in [2.05, 4.69) is 278 Å². The van der Waals surface area contributed by atoms with Gasteiger partial charge in [-0.15, -0.1) is 0 Å². The van der Waals surface area contributed by atoms with E-state index in [1.165, 1.54) is 55.6 Å². The van der Waals surface area contributed by atoms with Gasteiger partial charge in [-0.3, -0.25) is 0 Å². The average molecular weight is 833 g/mol. The molecule has 0 unspecified atom stereocenters. The van der Waals surface area contributed by atoms with Crippen molar-refractivity contribution >= 4 is 34.1 Å². The summed E-state index contributed by atoms with van der Waals surface area (Å²) in [5.41, 5.74) is 21.4. The molecule has 65 heavy (non-hydrogen) atoms. The fraction of sp³-hybridized carbons (Fsp3) is 0.0476. The summed E-state index contributed by atoms with van der Waals surface area (Å²) in [4.78, 5) is 4.70. The highest BCUT2D eigenvalue weighted by molar-refractivity contribution is 5.96. The maximum absolute atomic E-state index is 2.41. The third-order valence-electron chi connectivity index (χ3n) is 13.1. The molecule has 1 aliphatic rings. The van der Waals surface area contributed by atoms with Crippen LogP contribution >= 0.6 is 0 Å². The summed E-state index contributed by atoms with van der Waals surface area (Å²) in [6.45, 7) is 4.68. The molecule has 0 heterocycles. The zero-order chi connectivity index (χ0) is 43.7. The van der Waals surface area contributed by atoms with Gasteiger partial charge in [-0.1, -0.05) is 184 Å². The van der Waals surface area contributed by atoms with Crippen LogP contribution in [-0.2, 0) is 5.41 Å². The Labute approximate surface area is 383 Å². The van der Waals surface area contributed by atoms with Gasteiger partial charge in [-0.2, -0.15) is 0 Å². The van der Waals surface area contributed by atoms with Crippen molar-refractivity contribution in [1.29, 1.82) is 0 Å². The normalized spacial score (nSPS) is 12.3. The molecule has 10 aromatic carbocycles. The van der Waals surface area contributed by atoms with E-state index in [0.717, 1.165) is 45.3 Å². The van der Waals surface area contributed by atoms with Crippen LogP contribution in [0.1, 0.15) is 25.0 Å². The van der Waals surface area contributed by atoms with Crippen molar-refractivity contribution < 1.29 is 0 Å². The molecule has 10 aromatic rings. The lowest BCUT2D eigenvalue weighted by Gasteiger charge is -2.27. The third kappa shape index (κ3) is 7.39. The SMILES string of the molecule is CC1(C)c2ccccc2-c2cc(N(c3ccccc3)c3ccc(-c4cc(-c5ccccc5)c(-c5ccc(N(c6ccccc6)c6ccccc6)cc5)cc4-c4ccccc4)cc3)ccc21. The molecule has 0 atom stereocenters. The minimum Gasteiger partial charge on any atom is -0.311 e. The van der Waals surface area contributed by atoms with E-state index in [9.17, 15) is 0 Å². The van der Waals surface area contributed by atoms with Crippen LogP contribution in [0, 0.1) is 0 Å². The van der Waals surface area contributed by atoms with Gasteiger partial charge in [0.15, 0.2) is 0 Å². The van der Waals surface area contributed by atoms with E-state index in [4.69, 9.17) is 0 Å². The van der Waals surface area contributed by atoms with Crippen molar-refractivity contribution in [2.24, 2.45) is 0 Å². The van der Waals surface area contributed by atoms with Crippen LogP contribution in [-0.4, -0.2) is 0 Å². The predicted molar refractivity (Wildman–Crippen MR) is 275 cm³/mol. The molecule has 2 heteroatoms. The predicted octanol–water partition coefficient (Wildman–Crippen LogP) is 17.6. The molecule has 0 N–H and O–H groups in total. The standard InChI is InChI=1S/C63H48N2/c1-63(2)61-31-19-18-30-55(61)60-42-54(40-41-62(60)63)65(51-28-16-7-17-29-51)53-38-34-48(35-39-53)59-44-56(45-20-8-3-9-21-45)58(43-57(59)46-22-10-4-11-23-46)47-32-36-52(37-33-47)64(49-24-12-5-13-25-49)50-26-14-6-15-27-50/h3-44H,1-2H3. The summed E-state index contributed by atoms with van der Waals surface area (Å²) in [7, 11) is 0. The summed E-state index contributed by atoms with van der Waals surface area (Å²) < 4.78 is 0. The molecule has 11 rings (SSSR count). The van der Waals surface area contributed by atoms with E-state index in [-0.39, 0.29) is 5.41 Å². The van der Waals surface area contributed by atoms with Gasteiger partial charge in [0.05, 0.1) is 0 Å². The first-order valence-electron chi connectivity index (χ1n) is 22.5. The Bertz CT molecular complexity index is 3190. The molecule has 0 amide bonds. The van der Waals surface area contributed by atoms with Gasteiger partial charge in [0.2, 0.25) is 0 Å². The second-order valence-corrected chi connectivity index (χ2v) is 17.3. The summed E-state index contributed by atoms with van der Waals surface area (Å²) in [5, 5.41) is 0. The fourth-order valence-electron chi connectivity index (χ4n) is 9.84. The maximum atomic E-state index is 2.41. The number of rotatable bonds is 10. The Morgan fingerprint density at radius 3 is 0.969 bits per heavy atom. The van der Waals surface area contributed by atoms with Crippen molar-refractivity contribution in [2.45, 2.75) is 19.3 Å². The number of anilines is 6. The molecular formula is C63H48N2. The van der Waals surface area contributed by atoms with Crippen LogP contribution in [0.5, 0.6) is 0 Å². The van der Waals surface area contributed by atoms with Crippen molar-refractivity contribution in [3.8, 4) is 55.6 Å². The van der Waals surface area contributed by atoms with Crippen molar-refractivity contribution in [3.63, 3.8) is 0 Å². The van der Waals surface area contributed by atoms with E-state index in [1.54, 1.807) is 0 Å². The Balaban J connectivity index is 1.03. The van der Waals surface area contributed by atoms with Crippen LogP contribution in [0.25, 0.3) is 55.6 Å². The zero-order valence-corrected chi connectivity index (χ0v) is 36.6. The molecular weight excluding hydrogens is 785 g/mol. The molecule has 0 saturated carbocycles. The van der Waals surface area contributed by atoms with Crippen LogP contribution in [0.15, 0.2) is 255 Å². The maximum Gasteiger partial charge on any atom is 0.0468 e. The fourth-order valence-corrected chi connectivity index (χ4v) is 9.84. The molecule has 0 saturated heterocycles. The van der Waals surface area contributed by atoms with E-state index < -0.39 is 0 Å². The van der Waals surface area contributed by atoms with Gasteiger partial charge < -0.3 is 9.80 Å². The molecule has 2 nitrogen and oxygen atoms in total. The van der Waals surface area contributed by atoms with Gasteiger partial charge >= 0.3 is 0 Å². The highest BCUT2D eigenvalue weighted by Gasteiger charge is 2.35. The lowest BCUT2D eigenvalue weighted by Crippen LogP contribution is -2.15. The molecule has 0 spiro atoms. The summed E-state index contributed by atoms with van der Waals surface area (Å²) >= 11 is 0. The van der Waals surface area contributed by atoms with Crippen LogP contribution in [0.3, 0.4) is 0 Å². The van der Waals surface area contributed by atoms with Gasteiger partial charge in [0.25, 0.3) is 0 Å². The van der Waals surface area contributed by atoms with Gasteiger partial charge in [0.1, 0.15) is 0 Å². The first-order valence-corrected chi connectivity index (χ1v) is 22.5. The first kappa shape index (κ1) is 39.6. The number of fused-ring (bicyclic) bond motifs is 3. The van der Waals surface area contributed by atoms with E-state index in [0.29, 0.717) is 0 Å². The Morgan fingerprint density at radius 1 is 0.231 bits per heavy atom. The molecule has 0 bridgehead atoms. The highest BCUT2D eigenvalue weighted by atomic mass is 15.1. The molecule has 0 fully saturated rings. The van der Waals surface area contributed by atoms with Crippen LogP contribution in [0.2, 0.25) is 0 Å². The summed E-state index contributed by atoms with van der Waals surface area (Å²) in [6, 6.07) is 92.4. The van der Waals surface area contributed by atoms with Crippen molar-refractivity contribution in [2.75, 3.05) is 9.80 Å². The molecule has 0 radical (unpaired) electrons. The monoisotopic (exact) mass is 832 g/mol. The van der Waals surface area contributed by atoms with E-state index in [1.807, 2.05) is 0 Å².